The Bertz CT molecular complexity index is 1060. The molecule has 1 fully saturated rings. The van der Waals surface area contributed by atoms with Gasteiger partial charge in [0.1, 0.15) is 17.6 Å². The number of pyridine rings is 1. The molecule has 7 nitrogen and oxygen atoms in total. The largest absolute Gasteiger partial charge is 0.420 e. The third kappa shape index (κ3) is 3.75. The lowest BCUT2D eigenvalue weighted by molar-refractivity contribution is -0.136. The van der Waals surface area contributed by atoms with Gasteiger partial charge in [-0.2, -0.15) is 23.3 Å². The topological polar surface area (TPSA) is 64.1 Å². The van der Waals surface area contributed by atoms with Crippen molar-refractivity contribution in [3.8, 4) is 0 Å². The van der Waals surface area contributed by atoms with Crippen LogP contribution in [0.3, 0.4) is 0 Å². The number of aromatic nitrogens is 6. The minimum atomic E-state index is -4.59. The maximum atomic E-state index is 13.4. The van der Waals surface area contributed by atoms with Crippen molar-refractivity contribution in [1.82, 2.24) is 29.4 Å². The number of anilines is 1. The van der Waals surface area contributed by atoms with Gasteiger partial charge in [0.15, 0.2) is 11.5 Å². The summed E-state index contributed by atoms with van der Waals surface area (Å²) in [6, 6.07) is 0.869. The molecule has 0 amide bonds. The monoisotopic (exact) mass is 431 g/mol. The smallest absolute Gasteiger partial charge is 0.337 e. The number of hydrogen-bond acceptors (Lipinski definition) is 5. The van der Waals surface area contributed by atoms with Gasteiger partial charge in [-0.15, -0.1) is 5.10 Å². The van der Waals surface area contributed by atoms with Crippen LogP contribution in [-0.2, 0) is 26.1 Å². The summed E-state index contributed by atoms with van der Waals surface area (Å²) in [5.74, 6) is 1.31. The van der Waals surface area contributed by atoms with Crippen LogP contribution in [-0.4, -0.2) is 48.6 Å². The molecule has 1 aliphatic rings. The van der Waals surface area contributed by atoms with E-state index in [0.29, 0.717) is 36.9 Å². The van der Waals surface area contributed by atoms with Gasteiger partial charge in [0.25, 0.3) is 0 Å². The number of aryl methyl sites for hydroxylation is 4. The second kappa shape index (κ2) is 7.12. The first kappa shape index (κ1) is 19.9. The van der Waals surface area contributed by atoms with Crippen molar-refractivity contribution < 1.29 is 17.6 Å². The second-order valence-electron chi connectivity index (χ2n) is 7.04. The molecule has 1 atom stereocenters. The Morgan fingerprint density at radius 1 is 1.21 bits per heavy atom. The van der Waals surface area contributed by atoms with E-state index in [1.165, 1.54) is 0 Å². The zero-order valence-corrected chi connectivity index (χ0v) is 16.5. The molecule has 29 heavy (non-hydrogen) atoms. The molecule has 0 bridgehead atoms. The van der Waals surface area contributed by atoms with Gasteiger partial charge in [0, 0.05) is 26.4 Å². The molecule has 0 saturated carbocycles. The molecule has 0 spiro atoms. The Kier molecular flexibility index (Phi) is 4.88. The number of halogens is 5. The summed E-state index contributed by atoms with van der Waals surface area (Å²) < 4.78 is 56.1. The summed E-state index contributed by atoms with van der Waals surface area (Å²) in [6.45, 7) is 2.40. The number of fused-ring (bicyclic) bond motifs is 1. The van der Waals surface area contributed by atoms with Crippen LogP contribution in [0, 0.1) is 6.92 Å². The maximum absolute atomic E-state index is 13.4. The third-order valence-electron chi connectivity index (χ3n) is 4.96. The number of rotatable bonds is 4. The Morgan fingerprint density at radius 2 is 1.97 bits per heavy atom. The van der Waals surface area contributed by atoms with Crippen LogP contribution >= 0.6 is 11.6 Å². The molecule has 0 aliphatic carbocycles. The quantitative estimate of drug-likeness (QED) is 0.594. The molecule has 1 saturated heterocycles. The summed E-state index contributed by atoms with van der Waals surface area (Å²) in [7, 11) is 1.72. The van der Waals surface area contributed by atoms with Gasteiger partial charge >= 0.3 is 6.18 Å². The van der Waals surface area contributed by atoms with Crippen molar-refractivity contribution in [2.24, 2.45) is 7.05 Å². The van der Waals surface area contributed by atoms with Crippen LogP contribution < -0.4 is 4.90 Å². The van der Waals surface area contributed by atoms with Crippen molar-refractivity contribution in [2.45, 2.75) is 38.5 Å². The van der Waals surface area contributed by atoms with Crippen LogP contribution in [0.1, 0.15) is 29.3 Å². The number of alkyl halides is 4. The fraction of sp³-hybridized carbons (Fsp3) is 0.529. The average Bonchev–Trinajstić information content (AvgIpc) is 3.34. The summed E-state index contributed by atoms with van der Waals surface area (Å²) in [5.41, 5.74) is -0.828. The first-order valence-electron chi connectivity index (χ1n) is 9.04. The van der Waals surface area contributed by atoms with Crippen molar-refractivity contribution >= 4 is 23.2 Å². The summed E-state index contributed by atoms with van der Waals surface area (Å²) in [4.78, 5) is 10.3. The van der Waals surface area contributed by atoms with Crippen LogP contribution in [0.2, 0.25) is 5.02 Å². The Hall–Kier alpha value is -2.43. The van der Waals surface area contributed by atoms with E-state index in [2.05, 4.69) is 20.2 Å². The summed E-state index contributed by atoms with van der Waals surface area (Å²) in [5, 5.41) is 8.47. The zero-order valence-electron chi connectivity index (χ0n) is 15.7. The predicted molar refractivity (Wildman–Crippen MR) is 97.9 cm³/mol. The van der Waals surface area contributed by atoms with E-state index in [4.69, 9.17) is 11.6 Å². The number of nitrogens with zero attached hydrogens (tertiary/aromatic N) is 7. The van der Waals surface area contributed by atoms with Crippen molar-refractivity contribution in [3.05, 3.63) is 34.0 Å². The van der Waals surface area contributed by atoms with Crippen LogP contribution in [0.4, 0.5) is 23.5 Å². The van der Waals surface area contributed by atoms with Crippen molar-refractivity contribution in [3.63, 3.8) is 0 Å². The third-order valence-corrected chi connectivity index (χ3v) is 5.34. The highest BCUT2D eigenvalue weighted by Gasteiger charge is 2.35. The van der Waals surface area contributed by atoms with Gasteiger partial charge in [-0.3, -0.25) is 4.68 Å². The van der Waals surface area contributed by atoms with Gasteiger partial charge in [0.05, 0.1) is 17.3 Å². The SMILES string of the molecule is Cc1c(Cl)cc(C(F)(F)F)c2nc(CCc3nc(N4CCC(F)C4)nn3C)nn12. The van der Waals surface area contributed by atoms with Crippen LogP contribution in [0.5, 0.6) is 0 Å². The lowest BCUT2D eigenvalue weighted by atomic mass is 10.2. The highest BCUT2D eigenvalue weighted by molar-refractivity contribution is 6.31. The molecular formula is C17H18ClF4N7. The van der Waals surface area contributed by atoms with E-state index >= 15 is 0 Å². The molecule has 4 rings (SSSR count). The predicted octanol–water partition coefficient (Wildman–Crippen LogP) is 3.17. The maximum Gasteiger partial charge on any atom is 0.420 e. The Labute approximate surface area is 168 Å². The van der Waals surface area contributed by atoms with Gasteiger partial charge in [0.2, 0.25) is 5.95 Å². The minimum absolute atomic E-state index is 0.0315. The molecule has 1 aliphatic heterocycles. The first-order valence-corrected chi connectivity index (χ1v) is 9.42. The second-order valence-corrected chi connectivity index (χ2v) is 7.44. The van der Waals surface area contributed by atoms with E-state index in [1.54, 1.807) is 23.6 Å². The van der Waals surface area contributed by atoms with E-state index in [9.17, 15) is 17.6 Å². The molecule has 4 heterocycles. The van der Waals surface area contributed by atoms with Gasteiger partial charge in [-0.05, 0) is 19.4 Å². The molecule has 3 aromatic rings. The highest BCUT2D eigenvalue weighted by atomic mass is 35.5. The standard InChI is InChI=1S/C17H18ClF4N7/c1-9-12(18)7-11(17(20,21)22)15-23-13(25-29(9)15)3-4-14-24-16(26-27(14)2)28-6-5-10(19)8-28/h7,10H,3-6,8H2,1-2H3. The van der Waals surface area contributed by atoms with Gasteiger partial charge in [-0.1, -0.05) is 11.6 Å². The van der Waals surface area contributed by atoms with Crippen LogP contribution in [0.15, 0.2) is 6.07 Å². The van der Waals surface area contributed by atoms with Crippen molar-refractivity contribution in [2.75, 3.05) is 18.0 Å². The lowest BCUT2D eigenvalue weighted by Crippen LogP contribution is -2.21. The molecule has 0 radical (unpaired) electrons. The summed E-state index contributed by atoms with van der Waals surface area (Å²) >= 11 is 5.94. The molecular weight excluding hydrogens is 414 g/mol. The fourth-order valence-electron chi connectivity index (χ4n) is 3.35. The molecule has 156 valence electrons. The zero-order chi connectivity index (χ0) is 20.9. The molecule has 1 unspecified atom stereocenters. The molecule has 12 heteroatoms. The highest BCUT2D eigenvalue weighted by Crippen LogP contribution is 2.34. The normalized spacial score (nSPS) is 17.6. The molecule has 0 N–H and O–H groups in total. The van der Waals surface area contributed by atoms with Gasteiger partial charge in [-0.25, -0.2) is 13.9 Å². The van der Waals surface area contributed by atoms with E-state index in [-0.39, 0.29) is 29.5 Å². The minimum Gasteiger partial charge on any atom is -0.337 e. The molecule has 0 aromatic carbocycles. The number of hydrogen-bond donors (Lipinski definition) is 0. The summed E-state index contributed by atoms with van der Waals surface area (Å²) in [6.07, 6.45) is -4.38. The van der Waals surface area contributed by atoms with E-state index in [0.717, 1.165) is 10.6 Å². The average molecular weight is 432 g/mol. The lowest BCUT2D eigenvalue weighted by Gasteiger charge is -2.10. The van der Waals surface area contributed by atoms with Gasteiger partial charge < -0.3 is 4.90 Å². The van der Waals surface area contributed by atoms with Crippen molar-refractivity contribution in [1.29, 1.82) is 0 Å². The molecule has 3 aromatic heterocycles. The Morgan fingerprint density at radius 3 is 2.62 bits per heavy atom. The van der Waals surface area contributed by atoms with E-state index in [1.807, 2.05) is 0 Å². The fourth-order valence-corrected chi connectivity index (χ4v) is 3.54. The van der Waals surface area contributed by atoms with Crippen LogP contribution in [0.25, 0.3) is 5.65 Å². The van der Waals surface area contributed by atoms with E-state index < -0.39 is 17.9 Å². The first-order chi connectivity index (χ1) is 13.6. The Balaban J connectivity index is 1.58.